The van der Waals surface area contributed by atoms with Gasteiger partial charge in [0.15, 0.2) is 0 Å². The SMILES string of the molecule is CC(C)(C)OC(=O)N1CSC[C@@H]1C(=O)O[C@H]1CCC[C@@H]1C#N. The van der Waals surface area contributed by atoms with Gasteiger partial charge >= 0.3 is 12.1 Å². The Labute approximate surface area is 135 Å². The van der Waals surface area contributed by atoms with Gasteiger partial charge in [-0.25, -0.2) is 9.59 Å². The first-order valence-electron chi connectivity index (χ1n) is 7.49. The molecule has 1 amide bonds. The van der Waals surface area contributed by atoms with Gasteiger partial charge in [-0.2, -0.15) is 5.26 Å². The molecule has 6 nitrogen and oxygen atoms in total. The Kier molecular flexibility index (Phi) is 5.22. The molecule has 1 aliphatic heterocycles. The first-order valence-corrected chi connectivity index (χ1v) is 8.65. The zero-order valence-electron chi connectivity index (χ0n) is 13.2. The number of esters is 1. The summed E-state index contributed by atoms with van der Waals surface area (Å²) in [5, 5.41) is 9.05. The van der Waals surface area contributed by atoms with E-state index in [1.165, 1.54) is 16.7 Å². The minimum Gasteiger partial charge on any atom is -0.459 e. The molecule has 2 fully saturated rings. The average Bonchev–Trinajstić information content (AvgIpc) is 3.04. The molecule has 1 saturated heterocycles. The molecular formula is C15H22N2O4S. The summed E-state index contributed by atoms with van der Waals surface area (Å²) in [4.78, 5) is 25.9. The fourth-order valence-corrected chi connectivity index (χ4v) is 3.71. The Morgan fingerprint density at radius 3 is 2.68 bits per heavy atom. The molecular weight excluding hydrogens is 304 g/mol. The molecule has 3 atom stereocenters. The average molecular weight is 326 g/mol. The Morgan fingerprint density at radius 1 is 1.32 bits per heavy atom. The Balaban J connectivity index is 1.96. The van der Waals surface area contributed by atoms with E-state index in [-0.39, 0.29) is 12.0 Å². The van der Waals surface area contributed by atoms with Crippen molar-refractivity contribution in [3.8, 4) is 6.07 Å². The molecule has 122 valence electrons. The van der Waals surface area contributed by atoms with Gasteiger partial charge in [0, 0.05) is 5.75 Å². The van der Waals surface area contributed by atoms with Crippen LogP contribution in [0.1, 0.15) is 40.0 Å². The first-order chi connectivity index (χ1) is 10.3. The molecule has 0 unspecified atom stereocenters. The summed E-state index contributed by atoms with van der Waals surface area (Å²) in [6.45, 7) is 5.37. The van der Waals surface area contributed by atoms with Crippen LogP contribution in [-0.2, 0) is 14.3 Å². The maximum atomic E-state index is 12.3. The number of amides is 1. The lowest BCUT2D eigenvalue weighted by atomic mass is 10.1. The molecule has 0 radical (unpaired) electrons. The number of hydrogen-bond donors (Lipinski definition) is 0. The lowest BCUT2D eigenvalue weighted by molar-refractivity contribution is -0.154. The van der Waals surface area contributed by atoms with E-state index in [1.54, 1.807) is 20.8 Å². The van der Waals surface area contributed by atoms with E-state index in [0.29, 0.717) is 11.6 Å². The van der Waals surface area contributed by atoms with E-state index in [1.807, 2.05) is 0 Å². The van der Waals surface area contributed by atoms with Crippen molar-refractivity contribution in [1.82, 2.24) is 4.90 Å². The van der Waals surface area contributed by atoms with Crippen molar-refractivity contribution < 1.29 is 19.1 Å². The second kappa shape index (κ2) is 6.78. The fourth-order valence-electron chi connectivity index (χ4n) is 2.58. The zero-order valence-corrected chi connectivity index (χ0v) is 14.0. The van der Waals surface area contributed by atoms with Crippen LogP contribution in [0.2, 0.25) is 0 Å². The minimum absolute atomic E-state index is 0.229. The molecule has 7 heteroatoms. The van der Waals surface area contributed by atoms with E-state index in [0.717, 1.165) is 19.3 Å². The number of thioether (sulfide) groups is 1. The highest BCUT2D eigenvalue weighted by atomic mass is 32.2. The van der Waals surface area contributed by atoms with Crippen LogP contribution in [0.3, 0.4) is 0 Å². The number of carbonyl (C=O) groups is 2. The molecule has 22 heavy (non-hydrogen) atoms. The Morgan fingerprint density at radius 2 is 2.05 bits per heavy atom. The van der Waals surface area contributed by atoms with Gasteiger partial charge in [-0.3, -0.25) is 4.90 Å². The van der Waals surface area contributed by atoms with Crippen molar-refractivity contribution in [2.24, 2.45) is 5.92 Å². The Hall–Kier alpha value is -1.42. The maximum absolute atomic E-state index is 12.3. The molecule has 0 aromatic rings. The summed E-state index contributed by atoms with van der Waals surface area (Å²) in [5.74, 6) is 0.263. The molecule has 1 heterocycles. The van der Waals surface area contributed by atoms with Crippen LogP contribution >= 0.6 is 11.8 Å². The molecule has 0 bridgehead atoms. The standard InChI is InChI=1S/C15H22N2O4S/c1-15(2,3)21-14(19)17-9-22-8-11(17)13(18)20-12-6-4-5-10(12)7-16/h10-12H,4-6,8-9H2,1-3H3/t10-,11-,12+/m1/s1. The summed E-state index contributed by atoms with van der Waals surface area (Å²) in [6.07, 6.45) is 1.54. The third kappa shape index (κ3) is 4.07. The summed E-state index contributed by atoms with van der Waals surface area (Å²) < 4.78 is 10.8. The van der Waals surface area contributed by atoms with E-state index in [4.69, 9.17) is 14.7 Å². The van der Waals surface area contributed by atoms with Gasteiger partial charge in [0.05, 0.1) is 17.9 Å². The lowest BCUT2D eigenvalue weighted by Gasteiger charge is -2.27. The summed E-state index contributed by atoms with van der Waals surface area (Å²) in [5.41, 5.74) is -0.601. The first kappa shape index (κ1) is 16.9. The molecule has 1 saturated carbocycles. The maximum Gasteiger partial charge on any atom is 0.411 e. The van der Waals surface area contributed by atoms with E-state index in [2.05, 4.69) is 6.07 Å². The predicted octanol–water partition coefficient (Wildman–Crippen LogP) is 2.53. The largest absolute Gasteiger partial charge is 0.459 e. The van der Waals surface area contributed by atoms with Gasteiger partial charge in [0.1, 0.15) is 17.7 Å². The smallest absolute Gasteiger partial charge is 0.411 e. The predicted molar refractivity (Wildman–Crippen MR) is 82.0 cm³/mol. The number of rotatable bonds is 2. The van der Waals surface area contributed by atoms with Crippen LogP contribution in [0, 0.1) is 17.2 Å². The molecule has 0 aromatic heterocycles. The second-order valence-electron chi connectivity index (χ2n) is 6.61. The zero-order chi connectivity index (χ0) is 16.3. The Bertz CT molecular complexity index is 483. The third-order valence-corrected chi connectivity index (χ3v) is 4.68. The number of carbonyl (C=O) groups excluding carboxylic acids is 2. The number of hydrogen-bond acceptors (Lipinski definition) is 6. The van der Waals surface area contributed by atoms with Crippen molar-refractivity contribution in [3.63, 3.8) is 0 Å². The van der Waals surface area contributed by atoms with Crippen LogP contribution < -0.4 is 0 Å². The van der Waals surface area contributed by atoms with Crippen LogP contribution in [0.5, 0.6) is 0 Å². The van der Waals surface area contributed by atoms with Gasteiger partial charge in [0.25, 0.3) is 0 Å². The van der Waals surface area contributed by atoms with Gasteiger partial charge in [-0.05, 0) is 40.0 Å². The van der Waals surface area contributed by atoms with Crippen LogP contribution in [0.4, 0.5) is 4.79 Å². The van der Waals surface area contributed by atoms with Gasteiger partial charge in [0.2, 0.25) is 0 Å². The third-order valence-electron chi connectivity index (χ3n) is 3.67. The van der Waals surface area contributed by atoms with Crippen LogP contribution in [0.25, 0.3) is 0 Å². The monoisotopic (exact) mass is 326 g/mol. The topological polar surface area (TPSA) is 79.6 Å². The van der Waals surface area contributed by atoms with Crippen molar-refractivity contribution in [2.75, 3.05) is 11.6 Å². The van der Waals surface area contributed by atoms with Crippen molar-refractivity contribution in [3.05, 3.63) is 0 Å². The number of ether oxygens (including phenoxy) is 2. The van der Waals surface area contributed by atoms with Gasteiger partial charge in [-0.1, -0.05) is 0 Å². The minimum atomic E-state index is -0.625. The normalized spacial score (nSPS) is 28.3. The highest BCUT2D eigenvalue weighted by Crippen LogP contribution is 2.30. The van der Waals surface area contributed by atoms with Crippen molar-refractivity contribution >= 4 is 23.8 Å². The van der Waals surface area contributed by atoms with Crippen LogP contribution in [0.15, 0.2) is 0 Å². The molecule has 0 aromatic carbocycles. The highest BCUT2D eigenvalue weighted by Gasteiger charge is 2.40. The second-order valence-corrected chi connectivity index (χ2v) is 7.61. The number of nitrogens with zero attached hydrogens (tertiary/aromatic N) is 2. The highest BCUT2D eigenvalue weighted by molar-refractivity contribution is 7.99. The van der Waals surface area contributed by atoms with Gasteiger partial charge < -0.3 is 9.47 Å². The summed E-state index contributed by atoms with van der Waals surface area (Å²) in [7, 11) is 0. The van der Waals surface area contributed by atoms with E-state index < -0.39 is 23.7 Å². The summed E-state index contributed by atoms with van der Waals surface area (Å²) >= 11 is 1.50. The van der Waals surface area contributed by atoms with Crippen molar-refractivity contribution in [1.29, 1.82) is 5.26 Å². The molecule has 1 aliphatic carbocycles. The van der Waals surface area contributed by atoms with Gasteiger partial charge in [-0.15, -0.1) is 11.8 Å². The van der Waals surface area contributed by atoms with E-state index in [9.17, 15) is 9.59 Å². The molecule has 0 N–H and O–H groups in total. The van der Waals surface area contributed by atoms with E-state index >= 15 is 0 Å². The molecule has 2 aliphatic rings. The van der Waals surface area contributed by atoms with Crippen LogP contribution in [-0.4, -0.2) is 46.3 Å². The quantitative estimate of drug-likeness (QED) is 0.726. The number of nitriles is 1. The molecule has 2 rings (SSSR count). The van der Waals surface area contributed by atoms with Crippen molar-refractivity contribution in [2.45, 2.75) is 57.8 Å². The molecule has 0 spiro atoms. The summed E-state index contributed by atoms with van der Waals surface area (Å²) in [6, 6.07) is 1.56. The lowest BCUT2D eigenvalue weighted by Crippen LogP contribution is -2.46. The fraction of sp³-hybridized carbons (Fsp3) is 0.800.